The average Bonchev–Trinajstić information content (AvgIpc) is 2.88. The van der Waals surface area contributed by atoms with Crippen LogP contribution >= 0.6 is 0 Å². The topological polar surface area (TPSA) is 93.4 Å². The first-order chi connectivity index (χ1) is 17.5. The number of carboxylic acids is 1. The van der Waals surface area contributed by atoms with Crippen LogP contribution in [0, 0.1) is 23.3 Å². The van der Waals surface area contributed by atoms with E-state index in [0.717, 1.165) is 59.4 Å². The molecule has 0 bridgehead atoms. The molecule has 5 nitrogen and oxygen atoms in total. The van der Waals surface area contributed by atoms with Crippen LogP contribution < -0.4 is 15.6 Å². The van der Waals surface area contributed by atoms with Crippen molar-refractivity contribution < 1.29 is 37.0 Å². The van der Waals surface area contributed by atoms with Gasteiger partial charge in [0.2, 0.25) is 0 Å². The van der Waals surface area contributed by atoms with Crippen LogP contribution in [0.5, 0.6) is 5.75 Å². The summed E-state index contributed by atoms with van der Waals surface area (Å²) in [7, 11) is 0. The first-order valence-corrected chi connectivity index (χ1v) is 12.4. The Kier molecular flexibility index (Phi) is 16.8. The van der Waals surface area contributed by atoms with Gasteiger partial charge in [-0.05, 0) is 18.2 Å². The van der Waals surface area contributed by atoms with E-state index in [1.165, 1.54) is 0 Å². The van der Waals surface area contributed by atoms with E-state index in [-0.39, 0.29) is 58.2 Å². The fourth-order valence-electron chi connectivity index (χ4n) is 3.18. The Morgan fingerprint density at radius 1 is 0.769 bits per heavy atom. The molecule has 39 heavy (non-hydrogen) atoms. The Bertz CT molecular complexity index is 1450. The molecular formula is C24H14As2F4O5S4. The molecule has 0 fully saturated rings. The van der Waals surface area contributed by atoms with Crippen molar-refractivity contribution >= 4 is 103 Å². The number of aromatic carboxylic acids is 1. The zero-order chi connectivity index (χ0) is 27.9. The van der Waals surface area contributed by atoms with Crippen molar-refractivity contribution in [2.24, 2.45) is 0 Å². The maximum atomic E-state index is 14.7. The van der Waals surface area contributed by atoms with Crippen molar-refractivity contribution in [2.75, 3.05) is 23.0 Å². The molecule has 0 atom stereocenters. The number of carbonyl (C=O) groups is 1. The van der Waals surface area contributed by atoms with Crippen molar-refractivity contribution in [3.05, 3.63) is 75.5 Å². The van der Waals surface area contributed by atoms with Crippen molar-refractivity contribution in [3.8, 4) is 28.2 Å². The molecule has 0 saturated heterocycles. The van der Waals surface area contributed by atoms with Gasteiger partial charge >= 0.3 is 35.9 Å². The normalized spacial score (nSPS) is 9.95. The molecule has 0 unspecified atom stereocenters. The summed E-state index contributed by atoms with van der Waals surface area (Å²) in [6.45, 7) is 0. The molecule has 0 amide bonds. The molecule has 1 aliphatic heterocycles. The van der Waals surface area contributed by atoms with Crippen LogP contribution in [-0.4, -0.2) is 64.9 Å². The van der Waals surface area contributed by atoms with Crippen molar-refractivity contribution in [3.63, 3.8) is 0 Å². The maximum absolute atomic E-state index is 14.7. The zero-order valence-electron chi connectivity index (χ0n) is 19.4. The Morgan fingerprint density at radius 3 is 1.82 bits per heavy atom. The van der Waals surface area contributed by atoms with Gasteiger partial charge in [0.15, 0.2) is 28.7 Å². The summed E-state index contributed by atoms with van der Waals surface area (Å²) in [6, 6.07) is 6.23. The standard InChI is InChI=1S/C20H8F4O5.2C2H6S2.2As/c21-16-14(15(20(27)28)17(22)19(24)18(16)23)13-9-3-1-7(25)5-11(9)29-12-6-8(26)2-4-10(12)13;2*3-1-2-4;;/h1-6,25H,(H,27,28);2*3-4H,1-2H2;;/q;;;2*+3/p-6. The van der Waals surface area contributed by atoms with E-state index in [2.05, 4.69) is 50.5 Å². The number of hydrogen-bond acceptors (Lipinski definition) is 9. The van der Waals surface area contributed by atoms with Gasteiger partial charge in [0.1, 0.15) is 11.3 Å². The fourth-order valence-corrected chi connectivity index (χ4v) is 3.18. The maximum Gasteiger partial charge on any atom is 3.00 e. The molecule has 2 aromatic rings. The van der Waals surface area contributed by atoms with Gasteiger partial charge in [-0.2, -0.15) is 23.0 Å². The monoisotopic (exact) mass is 736 g/mol. The van der Waals surface area contributed by atoms with Crippen LogP contribution in [-0.2, 0) is 50.5 Å². The quantitative estimate of drug-likeness (QED) is 0.0780. The third kappa shape index (κ3) is 8.81. The predicted molar refractivity (Wildman–Crippen MR) is 149 cm³/mol. The average molecular weight is 736 g/mol. The van der Waals surface area contributed by atoms with Gasteiger partial charge in [0.25, 0.3) is 0 Å². The fraction of sp³-hybridized carbons (Fsp3) is 0.167. The summed E-state index contributed by atoms with van der Waals surface area (Å²) in [4.78, 5) is 23.1. The van der Waals surface area contributed by atoms with Gasteiger partial charge in [0, 0.05) is 33.7 Å². The Balaban J connectivity index is 0.00000128. The van der Waals surface area contributed by atoms with Crippen LogP contribution in [0.4, 0.5) is 17.6 Å². The van der Waals surface area contributed by atoms with Crippen LogP contribution in [0.1, 0.15) is 10.4 Å². The molecule has 1 heterocycles. The summed E-state index contributed by atoms with van der Waals surface area (Å²) < 4.78 is 62.1. The number of carbonyl (C=O) groups excluding carboxylic acids is 1. The minimum absolute atomic E-state index is 0. The number of halogens is 4. The molecule has 0 aromatic heterocycles. The number of carboxylic acid groups (broad SMARTS) is 1. The predicted octanol–water partition coefficient (Wildman–Crippen LogP) is 1.96. The summed E-state index contributed by atoms with van der Waals surface area (Å²) in [5, 5.41) is 23.0. The van der Waals surface area contributed by atoms with Crippen molar-refractivity contribution in [1.29, 1.82) is 0 Å². The second-order valence-corrected chi connectivity index (χ2v) is 8.54. The van der Waals surface area contributed by atoms with E-state index >= 15 is 0 Å². The van der Waals surface area contributed by atoms with Gasteiger partial charge in [-0.15, -0.1) is 5.75 Å². The number of benzene rings is 3. The molecule has 0 spiro atoms. The van der Waals surface area contributed by atoms with E-state index in [0.29, 0.717) is 0 Å². The molecule has 0 N–H and O–H groups in total. The SMILES string of the molecule is O=C([O-])c1c(F)c(F)c(F)c(F)c1-c1c2ccc(=O)cc-2oc2cc([O-])ccc12.[As+3].[As+3].[S-]CC[S-].[S-]CC[S-]. The third-order valence-electron chi connectivity index (χ3n) is 4.55. The largest absolute Gasteiger partial charge is 3.00 e. The first-order valence-electron chi connectivity index (χ1n) is 10.1. The van der Waals surface area contributed by atoms with Crippen molar-refractivity contribution in [1.82, 2.24) is 0 Å². The van der Waals surface area contributed by atoms with Gasteiger partial charge in [-0.25, -0.2) is 17.6 Å². The van der Waals surface area contributed by atoms with Gasteiger partial charge in [-0.3, -0.25) is 4.79 Å². The minimum atomic E-state index is -2.32. The number of hydrogen-bond donors (Lipinski definition) is 0. The second kappa shape index (κ2) is 17.5. The van der Waals surface area contributed by atoms with Crippen LogP contribution in [0.2, 0.25) is 0 Å². The van der Waals surface area contributed by atoms with E-state index in [9.17, 15) is 37.4 Å². The molecule has 4 rings (SSSR count). The minimum Gasteiger partial charge on any atom is -0.872 e. The summed E-state index contributed by atoms with van der Waals surface area (Å²) in [6.07, 6.45) is 0. The van der Waals surface area contributed by atoms with E-state index in [1.54, 1.807) is 0 Å². The summed E-state index contributed by atoms with van der Waals surface area (Å²) in [5.41, 5.74) is -3.93. The van der Waals surface area contributed by atoms with Crippen LogP contribution in [0.3, 0.4) is 0 Å². The molecule has 2 aromatic carbocycles. The molecular weight excluding hydrogens is 722 g/mol. The van der Waals surface area contributed by atoms with Gasteiger partial charge < -0.3 is 69.9 Å². The summed E-state index contributed by atoms with van der Waals surface area (Å²) in [5.74, 6) is -8.85. The molecule has 15 heteroatoms. The van der Waals surface area contributed by atoms with Crippen LogP contribution in [0.25, 0.3) is 33.4 Å². The smallest absolute Gasteiger partial charge is 0.872 e. The number of rotatable bonds is 4. The molecule has 2 aliphatic rings. The van der Waals surface area contributed by atoms with Crippen molar-refractivity contribution in [2.45, 2.75) is 0 Å². The van der Waals surface area contributed by atoms with Gasteiger partial charge in [0.05, 0.1) is 5.97 Å². The number of fused-ring (bicyclic) bond motifs is 2. The van der Waals surface area contributed by atoms with E-state index < -0.39 is 57.1 Å². The van der Waals surface area contributed by atoms with E-state index in [4.69, 9.17) is 4.42 Å². The molecule has 202 valence electrons. The molecule has 0 saturated carbocycles. The Labute approximate surface area is 265 Å². The Hall–Kier alpha value is -1.36. The zero-order valence-corrected chi connectivity index (χ0v) is 26.4. The van der Waals surface area contributed by atoms with E-state index in [1.807, 2.05) is 0 Å². The molecule has 4 radical (unpaired) electrons. The van der Waals surface area contributed by atoms with Crippen LogP contribution in [0.15, 0.2) is 45.6 Å². The van der Waals surface area contributed by atoms with Gasteiger partial charge in [-0.1, -0.05) is 12.1 Å². The second-order valence-electron chi connectivity index (χ2n) is 6.90. The summed E-state index contributed by atoms with van der Waals surface area (Å²) >= 11 is 17.8. The Morgan fingerprint density at radius 2 is 1.31 bits per heavy atom. The molecule has 1 aliphatic carbocycles. The first kappa shape index (κ1) is 37.6. The third-order valence-corrected chi connectivity index (χ3v) is 5.89.